The van der Waals surface area contributed by atoms with Crippen LogP contribution in [0, 0.1) is 0 Å². The van der Waals surface area contributed by atoms with Crippen molar-refractivity contribution >= 4 is 5.82 Å². The van der Waals surface area contributed by atoms with Gasteiger partial charge in [-0.2, -0.15) is 13.2 Å². The van der Waals surface area contributed by atoms with Crippen LogP contribution in [0.25, 0.3) is 0 Å². The Bertz CT molecular complexity index is 374. The van der Waals surface area contributed by atoms with Gasteiger partial charge in [-0.15, -0.1) is 0 Å². The van der Waals surface area contributed by atoms with E-state index in [9.17, 15) is 13.2 Å². The highest BCUT2D eigenvalue weighted by molar-refractivity contribution is 5.45. The first-order valence-corrected chi connectivity index (χ1v) is 5.42. The molecule has 1 aliphatic rings. The van der Waals surface area contributed by atoms with Crippen LogP contribution in [0.2, 0.25) is 0 Å². The summed E-state index contributed by atoms with van der Waals surface area (Å²) in [4.78, 5) is 7.09. The van der Waals surface area contributed by atoms with Crippen molar-refractivity contribution in [1.82, 2.24) is 15.3 Å². The Morgan fingerprint density at radius 1 is 1.41 bits per heavy atom. The molecular weight excluding hydrogens is 233 g/mol. The highest BCUT2D eigenvalue weighted by Gasteiger charge is 2.35. The number of rotatable bonds is 2. The molecule has 4 nitrogen and oxygen atoms in total. The molecule has 0 spiro atoms. The summed E-state index contributed by atoms with van der Waals surface area (Å²) in [5.41, 5.74) is -0.814. The van der Waals surface area contributed by atoms with E-state index in [0.717, 1.165) is 31.9 Å². The third-order valence-corrected chi connectivity index (χ3v) is 2.66. The molecular formula is C10H13F3N4. The van der Waals surface area contributed by atoms with Crippen molar-refractivity contribution in [2.45, 2.75) is 25.1 Å². The van der Waals surface area contributed by atoms with Crippen molar-refractivity contribution < 1.29 is 13.2 Å². The Hall–Kier alpha value is -1.37. The molecule has 0 saturated carbocycles. The maximum atomic E-state index is 12.7. The standard InChI is InChI=1S/C10H13F3N4/c11-10(12,13)8-5-15-6-16-9(8)17-7-2-1-3-14-4-7/h5-7,14H,1-4H2,(H,15,16,17). The van der Waals surface area contributed by atoms with Gasteiger partial charge in [0.2, 0.25) is 0 Å². The molecule has 1 aromatic rings. The van der Waals surface area contributed by atoms with E-state index in [4.69, 9.17) is 0 Å². The summed E-state index contributed by atoms with van der Waals surface area (Å²) >= 11 is 0. The Morgan fingerprint density at radius 2 is 2.24 bits per heavy atom. The molecule has 1 saturated heterocycles. The molecule has 1 aliphatic heterocycles. The SMILES string of the molecule is FC(F)(F)c1cncnc1NC1CCCNC1. The molecule has 1 aromatic heterocycles. The Balaban J connectivity index is 2.14. The Kier molecular flexibility index (Phi) is 3.46. The summed E-state index contributed by atoms with van der Waals surface area (Å²) in [5.74, 6) is -0.138. The minimum atomic E-state index is -4.42. The van der Waals surface area contributed by atoms with Crippen LogP contribution < -0.4 is 10.6 Å². The van der Waals surface area contributed by atoms with E-state index in [0.29, 0.717) is 6.54 Å². The molecule has 2 rings (SSSR count). The first-order valence-electron chi connectivity index (χ1n) is 5.42. The van der Waals surface area contributed by atoms with E-state index < -0.39 is 11.7 Å². The first-order chi connectivity index (χ1) is 8.07. The maximum Gasteiger partial charge on any atom is 0.421 e. The number of alkyl halides is 3. The molecule has 0 aliphatic carbocycles. The van der Waals surface area contributed by atoms with Gasteiger partial charge in [-0.3, -0.25) is 0 Å². The monoisotopic (exact) mass is 246 g/mol. The highest BCUT2D eigenvalue weighted by atomic mass is 19.4. The van der Waals surface area contributed by atoms with Gasteiger partial charge in [0.25, 0.3) is 0 Å². The summed E-state index contributed by atoms with van der Waals surface area (Å²) in [7, 11) is 0. The molecule has 1 atom stereocenters. The minimum Gasteiger partial charge on any atom is -0.365 e. The maximum absolute atomic E-state index is 12.7. The topological polar surface area (TPSA) is 49.8 Å². The zero-order valence-electron chi connectivity index (χ0n) is 9.09. The molecule has 1 unspecified atom stereocenters. The molecule has 1 fully saturated rings. The van der Waals surface area contributed by atoms with Gasteiger partial charge in [-0.25, -0.2) is 9.97 Å². The van der Waals surface area contributed by atoms with Gasteiger partial charge >= 0.3 is 6.18 Å². The van der Waals surface area contributed by atoms with Crippen molar-refractivity contribution in [1.29, 1.82) is 0 Å². The van der Waals surface area contributed by atoms with Crippen molar-refractivity contribution in [2.24, 2.45) is 0 Å². The summed E-state index contributed by atoms with van der Waals surface area (Å²) in [6.07, 6.45) is -0.719. The third kappa shape index (κ3) is 3.06. The van der Waals surface area contributed by atoms with E-state index in [2.05, 4.69) is 20.6 Å². The lowest BCUT2D eigenvalue weighted by molar-refractivity contribution is -0.137. The average molecular weight is 246 g/mol. The fraction of sp³-hybridized carbons (Fsp3) is 0.600. The summed E-state index contributed by atoms with van der Waals surface area (Å²) in [6.45, 7) is 1.56. The number of hydrogen-bond acceptors (Lipinski definition) is 4. The zero-order chi connectivity index (χ0) is 12.3. The molecule has 17 heavy (non-hydrogen) atoms. The summed E-state index contributed by atoms with van der Waals surface area (Å²) in [6, 6.07) is -0.0141. The van der Waals surface area contributed by atoms with Crippen LogP contribution in [-0.2, 0) is 6.18 Å². The molecule has 2 heterocycles. The van der Waals surface area contributed by atoms with Crippen LogP contribution >= 0.6 is 0 Å². The van der Waals surface area contributed by atoms with E-state index in [1.165, 1.54) is 0 Å². The second-order valence-electron chi connectivity index (χ2n) is 3.97. The Morgan fingerprint density at radius 3 is 2.88 bits per heavy atom. The second kappa shape index (κ2) is 4.87. The second-order valence-corrected chi connectivity index (χ2v) is 3.97. The van der Waals surface area contributed by atoms with Crippen LogP contribution in [0.3, 0.4) is 0 Å². The number of nitrogens with zero attached hydrogens (tertiary/aromatic N) is 2. The minimum absolute atomic E-state index is 0.0141. The smallest absolute Gasteiger partial charge is 0.365 e. The van der Waals surface area contributed by atoms with Crippen molar-refractivity contribution in [3.63, 3.8) is 0 Å². The highest BCUT2D eigenvalue weighted by Crippen LogP contribution is 2.33. The number of piperidine rings is 1. The zero-order valence-corrected chi connectivity index (χ0v) is 9.09. The number of halogens is 3. The summed E-state index contributed by atoms with van der Waals surface area (Å²) < 4.78 is 38.0. The lowest BCUT2D eigenvalue weighted by Gasteiger charge is -2.25. The van der Waals surface area contributed by atoms with E-state index >= 15 is 0 Å². The lowest BCUT2D eigenvalue weighted by atomic mass is 10.1. The largest absolute Gasteiger partial charge is 0.421 e. The predicted octanol–water partition coefficient (Wildman–Crippen LogP) is 1.66. The van der Waals surface area contributed by atoms with Crippen molar-refractivity contribution in [3.05, 3.63) is 18.1 Å². The van der Waals surface area contributed by atoms with Gasteiger partial charge in [0, 0.05) is 18.8 Å². The first kappa shape index (κ1) is 12.1. The molecule has 0 amide bonds. The molecule has 2 N–H and O–H groups in total. The Labute approximate surface area is 96.7 Å². The van der Waals surface area contributed by atoms with Crippen LogP contribution in [0.1, 0.15) is 18.4 Å². The molecule has 7 heteroatoms. The third-order valence-electron chi connectivity index (χ3n) is 2.66. The van der Waals surface area contributed by atoms with E-state index in [1.54, 1.807) is 0 Å². The predicted molar refractivity (Wildman–Crippen MR) is 56.5 cm³/mol. The molecule has 0 aromatic carbocycles. The molecule has 0 radical (unpaired) electrons. The van der Waals surface area contributed by atoms with Crippen molar-refractivity contribution in [3.8, 4) is 0 Å². The lowest BCUT2D eigenvalue weighted by Crippen LogP contribution is -2.39. The number of aromatic nitrogens is 2. The number of anilines is 1. The van der Waals surface area contributed by atoms with Crippen molar-refractivity contribution in [2.75, 3.05) is 18.4 Å². The van der Waals surface area contributed by atoms with Gasteiger partial charge in [0.1, 0.15) is 17.7 Å². The molecule has 0 bridgehead atoms. The van der Waals surface area contributed by atoms with E-state index in [1.807, 2.05) is 0 Å². The van der Waals surface area contributed by atoms with Gasteiger partial charge in [-0.1, -0.05) is 0 Å². The van der Waals surface area contributed by atoms with Crippen LogP contribution in [0.4, 0.5) is 19.0 Å². The van der Waals surface area contributed by atoms with E-state index in [-0.39, 0.29) is 11.9 Å². The van der Waals surface area contributed by atoms with Gasteiger partial charge in [0.15, 0.2) is 0 Å². The van der Waals surface area contributed by atoms with Gasteiger partial charge < -0.3 is 10.6 Å². The normalized spacial score (nSPS) is 21.2. The quantitative estimate of drug-likeness (QED) is 0.833. The van der Waals surface area contributed by atoms with Crippen LogP contribution in [0.15, 0.2) is 12.5 Å². The van der Waals surface area contributed by atoms with Crippen LogP contribution in [0.5, 0.6) is 0 Å². The fourth-order valence-corrected chi connectivity index (χ4v) is 1.82. The van der Waals surface area contributed by atoms with Crippen LogP contribution in [-0.4, -0.2) is 29.1 Å². The number of nitrogens with one attached hydrogen (secondary N) is 2. The summed E-state index contributed by atoms with van der Waals surface area (Å²) in [5, 5.41) is 5.95. The molecule has 94 valence electrons. The fourth-order valence-electron chi connectivity index (χ4n) is 1.82. The average Bonchev–Trinajstić information content (AvgIpc) is 2.30. The van der Waals surface area contributed by atoms with Gasteiger partial charge in [0.05, 0.1) is 0 Å². The number of hydrogen-bond donors (Lipinski definition) is 2. The van der Waals surface area contributed by atoms with Gasteiger partial charge in [-0.05, 0) is 19.4 Å².